The van der Waals surface area contributed by atoms with Crippen molar-refractivity contribution >= 4 is 17.5 Å². The molecule has 4 rings (SSSR count). The monoisotopic (exact) mass is 447 g/mol. The third kappa shape index (κ3) is 5.93. The van der Waals surface area contributed by atoms with Crippen molar-refractivity contribution in [3.63, 3.8) is 0 Å². The van der Waals surface area contributed by atoms with Crippen molar-refractivity contribution in [1.29, 1.82) is 0 Å². The summed E-state index contributed by atoms with van der Waals surface area (Å²) in [7, 11) is 4.09. The van der Waals surface area contributed by atoms with E-state index in [-0.39, 0.29) is 5.41 Å². The van der Waals surface area contributed by atoms with Crippen LogP contribution in [0.3, 0.4) is 0 Å². The zero-order chi connectivity index (χ0) is 23.4. The average Bonchev–Trinajstić information content (AvgIpc) is 2.78. The van der Waals surface area contributed by atoms with Crippen molar-refractivity contribution in [2.45, 2.75) is 26.2 Å². The molecule has 1 aromatic heterocycles. The standard InChI is InChI=1S/C26H33N5O2/c1-26(2,3)19-8-6-18(7-9-19)21-17-24(30-25(29-21)27-12-13-31(4)5)28-20-10-11-22-23(16-20)33-15-14-32-22/h6-11,16-17H,12-15H2,1-5H3,(H2,27,28,29,30). The molecule has 3 aromatic rings. The zero-order valence-corrected chi connectivity index (χ0v) is 20.1. The molecule has 1 aliphatic rings. The molecule has 0 aliphatic carbocycles. The molecule has 0 saturated carbocycles. The van der Waals surface area contributed by atoms with Gasteiger partial charge in [0.15, 0.2) is 11.5 Å². The lowest BCUT2D eigenvalue weighted by Gasteiger charge is -2.20. The fourth-order valence-electron chi connectivity index (χ4n) is 3.54. The van der Waals surface area contributed by atoms with Crippen LogP contribution in [0.4, 0.5) is 17.5 Å². The Morgan fingerprint density at radius 2 is 1.64 bits per heavy atom. The number of anilines is 3. The van der Waals surface area contributed by atoms with Gasteiger partial charge in [0.05, 0.1) is 5.69 Å². The van der Waals surface area contributed by atoms with Crippen molar-refractivity contribution in [2.24, 2.45) is 0 Å². The molecule has 0 saturated heterocycles. The van der Waals surface area contributed by atoms with Gasteiger partial charge in [-0.1, -0.05) is 45.0 Å². The van der Waals surface area contributed by atoms with Gasteiger partial charge in [-0.05, 0) is 37.2 Å². The molecular formula is C26H33N5O2. The lowest BCUT2D eigenvalue weighted by Crippen LogP contribution is -2.21. The Kier molecular flexibility index (Phi) is 6.70. The molecule has 0 amide bonds. The first-order valence-electron chi connectivity index (χ1n) is 11.3. The summed E-state index contributed by atoms with van der Waals surface area (Å²) in [5.41, 5.74) is 4.18. The van der Waals surface area contributed by atoms with Crippen LogP contribution in [-0.2, 0) is 5.41 Å². The molecule has 2 aromatic carbocycles. The molecule has 174 valence electrons. The maximum Gasteiger partial charge on any atom is 0.225 e. The lowest BCUT2D eigenvalue weighted by atomic mass is 9.86. The number of hydrogen-bond acceptors (Lipinski definition) is 7. The lowest BCUT2D eigenvalue weighted by molar-refractivity contribution is 0.171. The van der Waals surface area contributed by atoms with E-state index in [0.717, 1.165) is 41.5 Å². The Labute approximate surface area is 196 Å². The van der Waals surface area contributed by atoms with Gasteiger partial charge in [-0.2, -0.15) is 4.98 Å². The number of rotatable bonds is 7. The minimum Gasteiger partial charge on any atom is -0.486 e. The highest BCUT2D eigenvalue weighted by Gasteiger charge is 2.15. The zero-order valence-electron chi connectivity index (χ0n) is 20.1. The number of nitrogens with one attached hydrogen (secondary N) is 2. The van der Waals surface area contributed by atoms with Crippen LogP contribution in [0.1, 0.15) is 26.3 Å². The summed E-state index contributed by atoms with van der Waals surface area (Å²) < 4.78 is 11.3. The number of likely N-dealkylation sites (N-methyl/N-ethyl adjacent to an activating group) is 1. The fraction of sp³-hybridized carbons (Fsp3) is 0.385. The van der Waals surface area contributed by atoms with E-state index in [9.17, 15) is 0 Å². The van der Waals surface area contributed by atoms with Crippen molar-refractivity contribution < 1.29 is 9.47 Å². The maximum absolute atomic E-state index is 5.72. The van der Waals surface area contributed by atoms with Crippen LogP contribution in [0.2, 0.25) is 0 Å². The number of hydrogen-bond donors (Lipinski definition) is 2. The first kappa shape index (κ1) is 22.9. The molecule has 33 heavy (non-hydrogen) atoms. The molecule has 2 heterocycles. The highest BCUT2D eigenvalue weighted by molar-refractivity contribution is 5.69. The average molecular weight is 448 g/mol. The van der Waals surface area contributed by atoms with E-state index in [1.54, 1.807) is 0 Å². The van der Waals surface area contributed by atoms with Crippen LogP contribution >= 0.6 is 0 Å². The van der Waals surface area contributed by atoms with E-state index in [1.807, 2.05) is 38.4 Å². The quantitative estimate of drug-likeness (QED) is 0.532. The number of benzene rings is 2. The molecule has 7 heteroatoms. The van der Waals surface area contributed by atoms with Gasteiger partial charge in [0, 0.05) is 36.5 Å². The Morgan fingerprint density at radius 1 is 0.909 bits per heavy atom. The van der Waals surface area contributed by atoms with E-state index in [0.29, 0.717) is 25.0 Å². The summed E-state index contributed by atoms with van der Waals surface area (Å²) in [5, 5.41) is 6.75. The van der Waals surface area contributed by atoms with Crippen LogP contribution in [-0.4, -0.2) is 55.3 Å². The van der Waals surface area contributed by atoms with Gasteiger partial charge in [0.2, 0.25) is 5.95 Å². The summed E-state index contributed by atoms with van der Waals surface area (Å²) >= 11 is 0. The van der Waals surface area contributed by atoms with Crippen LogP contribution in [0.25, 0.3) is 11.3 Å². The van der Waals surface area contributed by atoms with Crippen molar-refractivity contribution in [1.82, 2.24) is 14.9 Å². The highest BCUT2D eigenvalue weighted by Crippen LogP contribution is 2.34. The SMILES string of the molecule is CN(C)CCNc1nc(Nc2ccc3c(c2)OCCO3)cc(-c2ccc(C(C)(C)C)cc2)n1. The molecule has 0 unspecified atom stereocenters. The number of aromatic nitrogens is 2. The van der Waals surface area contributed by atoms with Crippen molar-refractivity contribution in [3.05, 3.63) is 54.1 Å². The third-order valence-electron chi connectivity index (χ3n) is 5.43. The van der Waals surface area contributed by atoms with E-state index >= 15 is 0 Å². The minimum atomic E-state index is 0.105. The molecule has 0 fully saturated rings. The largest absolute Gasteiger partial charge is 0.486 e. The summed E-state index contributed by atoms with van der Waals surface area (Å²) in [6.07, 6.45) is 0. The summed E-state index contributed by atoms with van der Waals surface area (Å²) in [5.74, 6) is 2.81. The molecule has 0 bridgehead atoms. The molecule has 0 spiro atoms. The predicted molar refractivity (Wildman–Crippen MR) is 134 cm³/mol. The Morgan fingerprint density at radius 3 is 2.33 bits per heavy atom. The van der Waals surface area contributed by atoms with Gasteiger partial charge in [0.25, 0.3) is 0 Å². The number of fused-ring (bicyclic) bond motifs is 1. The van der Waals surface area contributed by atoms with E-state index < -0.39 is 0 Å². The number of ether oxygens (including phenoxy) is 2. The maximum atomic E-state index is 5.72. The summed E-state index contributed by atoms with van der Waals surface area (Å²) in [6, 6.07) is 16.4. The minimum absolute atomic E-state index is 0.105. The van der Waals surface area contributed by atoms with Crippen molar-refractivity contribution in [2.75, 3.05) is 51.0 Å². The van der Waals surface area contributed by atoms with Crippen LogP contribution < -0.4 is 20.1 Å². The van der Waals surface area contributed by atoms with Crippen LogP contribution in [0.5, 0.6) is 11.5 Å². The summed E-state index contributed by atoms with van der Waals surface area (Å²) in [4.78, 5) is 11.6. The molecule has 7 nitrogen and oxygen atoms in total. The van der Waals surface area contributed by atoms with Gasteiger partial charge in [-0.3, -0.25) is 0 Å². The normalized spacial score (nSPS) is 13.2. The smallest absolute Gasteiger partial charge is 0.225 e. The second-order valence-electron chi connectivity index (χ2n) is 9.50. The van der Waals surface area contributed by atoms with Crippen LogP contribution in [0.15, 0.2) is 48.5 Å². The van der Waals surface area contributed by atoms with Gasteiger partial charge in [-0.15, -0.1) is 0 Å². The van der Waals surface area contributed by atoms with Gasteiger partial charge >= 0.3 is 0 Å². The Hall–Kier alpha value is -3.32. The first-order valence-corrected chi connectivity index (χ1v) is 11.3. The predicted octanol–water partition coefficient (Wildman–Crippen LogP) is 4.93. The molecule has 0 radical (unpaired) electrons. The fourth-order valence-corrected chi connectivity index (χ4v) is 3.54. The topological polar surface area (TPSA) is 71.5 Å². The molecule has 1 aliphatic heterocycles. The summed E-state index contributed by atoms with van der Waals surface area (Å²) in [6.45, 7) is 9.42. The Balaban J connectivity index is 1.63. The first-order chi connectivity index (χ1) is 15.8. The van der Waals surface area contributed by atoms with Gasteiger partial charge in [-0.25, -0.2) is 4.98 Å². The van der Waals surface area contributed by atoms with E-state index in [2.05, 4.69) is 60.6 Å². The third-order valence-corrected chi connectivity index (χ3v) is 5.43. The van der Waals surface area contributed by atoms with E-state index in [4.69, 9.17) is 19.4 Å². The highest BCUT2D eigenvalue weighted by atomic mass is 16.6. The van der Waals surface area contributed by atoms with Crippen molar-refractivity contribution in [3.8, 4) is 22.8 Å². The van der Waals surface area contributed by atoms with Gasteiger partial charge < -0.3 is 25.0 Å². The number of nitrogens with zero attached hydrogens (tertiary/aromatic N) is 3. The van der Waals surface area contributed by atoms with E-state index in [1.165, 1.54) is 5.56 Å². The van der Waals surface area contributed by atoms with Gasteiger partial charge in [0.1, 0.15) is 19.0 Å². The molecular weight excluding hydrogens is 414 g/mol. The Bertz CT molecular complexity index is 1090. The second-order valence-corrected chi connectivity index (χ2v) is 9.50. The second kappa shape index (κ2) is 9.67. The van der Waals surface area contributed by atoms with Crippen LogP contribution in [0, 0.1) is 0 Å². The molecule has 0 atom stereocenters. The molecule has 2 N–H and O–H groups in total.